The molecule has 43 heavy (non-hydrogen) atoms. The molecule has 2 aromatic carbocycles. The maximum atomic E-state index is 13.4. The average Bonchev–Trinajstić information content (AvgIpc) is 2.95. The Balaban J connectivity index is 1.83. The summed E-state index contributed by atoms with van der Waals surface area (Å²) in [6.45, 7) is 2.68. The predicted octanol–water partition coefficient (Wildman–Crippen LogP) is 8.94. The molecule has 0 unspecified atom stereocenters. The number of rotatable bonds is 17. The van der Waals surface area contributed by atoms with Crippen LogP contribution in [0.2, 0.25) is 0 Å². The van der Waals surface area contributed by atoms with Gasteiger partial charge in [0.25, 0.3) is 0 Å². The molecule has 15 heteroatoms. The van der Waals surface area contributed by atoms with E-state index in [1.165, 1.54) is 44.2 Å². The van der Waals surface area contributed by atoms with E-state index in [1.54, 1.807) is 12.1 Å². The maximum absolute atomic E-state index is 13.4. The van der Waals surface area contributed by atoms with Crippen LogP contribution in [0.1, 0.15) is 79.0 Å². The Bertz CT molecular complexity index is 1170. The number of hydrogen-bond acceptors (Lipinski definition) is 6. The first-order chi connectivity index (χ1) is 20.0. The molecule has 2 aromatic rings. The molecule has 0 aliphatic rings. The molecule has 0 amide bonds. The molecule has 0 saturated carbocycles. The molecule has 0 aromatic heterocycles. The lowest BCUT2D eigenvalue weighted by molar-refractivity contribution is -0.503. The first-order valence-electron chi connectivity index (χ1n) is 13.2. The second kappa shape index (κ2) is 15.3. The van der Waals surface area contributed by atoms with E-state index in [4.69, 9.17) is 9.47 Å². The lowest BCUT2D eigenvalue weighted by Gasteiger charge is -2.31. The van der Waals surface area contributed by atoms with Crippen LogP contribution in [0.15, 0.2) is 48.5 Å². The van der Waals surface area contributed by atoms with Crippen LogP contribution in [0.3, 0.4) is 0 Å². The molecule has 2 rings (SSSR count). The first kappa shape index (κ1) is 35.7. The standard InChI is InChI=1S/C28H29F9O6/c1-2-3-4-5-6-7-8-9-18-40-21-14-10-19(11-15-21)23(38)41-22-16-12-20(13-17-22)24(39)42-43-28(36,37)26(31,32)25(29,30)27(33,34)35/h10-17H,2-9,18H2,1H3. The minimum atomic E-state index is -7.22. The number of alkyl halides is 9. The summed E-state index contributed by atoms with van der Waals surface area (Å²) in [5.41, 5.74) is -0.574. The number of unbranched alkanes of at least 4 members (excludes halogenated alkanes) is 7. The Kier molecular flexibility index (Phi) is 12.7. The maximum Gasteiger partial charge on any atom is 0.461 e. The summed E-state index contributed by atoms with van der Waals surface area (Å²) >= 11 is 0. The zero-order chi connectivity index (χ0) is 32.3. The van der Waals surface area contributed by atoms with Gasteiger partial charge in [0.05, 0.1) is 17.7 Å². The van der Waals surface area contributed by atoms with Gasteiger partial charge < -0.3 is 9.47 Å². The molecule has 0 bridgehead atoms. The molecule has 0 aliphatic heterocycles. The van der Waals surface area contributed by atoms with Crippen molar-refractivity contribution < 1.29 is 68.4 Å². The molecular weight excluding hydrogens is 603 g/mol. The smallest absolute Gasteiger partial charge is 0.461 e. The van der Waals surface area contributed by atoms with Crippen molar-refractivity contribution in [1.29, 1.82) is 0 Å². The van der Waals surface area contributed by atoms with E-state index in [9.17, 15) is 49.1 Å². The third-order valence-corrected chi connectivity index (χ3v) is 6.00. The molecule has 0 atom stereocenters. The predicted molar refractivity (Wildman–Crippen MR) is 133 cm³/mol. The van der Waals surface area contributed by atoms with Gasteiger partial charge in [0.15, 0.2) is 0 Å². The molecule has 0 spiro atoms. The number of carbonyl (C=O) groups is 2. The second-order valence-corrected chi connectivity index (χ2v) is 9.38. The van der Waals surface area contributed by atoms with E-state index < -0.39 is 41.6 Å². The Morgan fingerprint density at radius 3 is 1.58 bits per heavy atom. The average molecular weight is 633 g/mol. The normalized spacial score (nSPS) is 12.6. The van der Waals surface area contributed by atoms with Crippen molar-refractivity contribution in [2.45, 2.75) is 82.4 Å². The summed E-state index contributed by atoms with van der Waals surface area (Å²) in [7, 11) is 0. The SMILES string of the molecule is CCCCCCCCCCOc1ccc(C(=O)Oc2ccc(C(=O)OOC(F)(F)C(F)(F)C(F)(F)C(F)(F)F)cc2)cc1. The molecular formula is C28H29F9O6. The number of carbonyl (C=O) groups excluding carboxylic acids is 2. The first-order valence-corrected chi connectivity index (χ1v) is 13.2. The van der Waals surface area contributed by atoms with E-state index >= 15 is 0 Å². The van der Waals surface area contributed by atoms with Gasteiger partial charge in [-0.25, -0.2) is 9.59 Å². The minimum Gasteiger partial charge on any atom is -0.494 e. The Labute approximate surface area is 241 Å². The number of hydrogen-bond donors (Lipinski definition) is 0. The highest BCUT2D eigenvalue weighted by molar-refractivity contribution is 5.92. The van der Waals surface area contributed by atoms with Crippen molar-refractivity contribution in [3.63, 3.8) is 0 Å². The number of halogens is 9. The highest BCUT2D eigenvalue weighted by atomic mass is 19.4. The van der Waals surface area contributed by atoms with Crippen molar-refractivity contribution in [2.24, 2.45) is 0 Å². The van der Waals surface area contributed by atoms with Gasteiger partial charge in [0.2, 0.25) is 0 Å². The largest absolute Gasteiger partial charge is 0.494 e. The summed E-state index contributed by atoms with van der Waals surface area (Å²) < 4.78 is 126. The van der Waals surface area contributed by atoms with E-state index in [2.05, 4.69) is 16.7 Å². The van der Waals surface area contributed by atoms with Crippen LogP contribution in [0, 0.1) is 0 Å². The molecule has 240 valence electrons. The van der Waals surface area contributed by atoms with Gasteiger partial charge >= 0.3 is 36.1 Å². The van der Waals surface area contributed by atoms with Crippen LogP contribution >= 0.6 is 0 Å². The molecule has 0 saturated heterocycles. The van der Waals surface area contributed by atoms with Gasteiger partial charge in [-0.1, -0.05) is 51.9 Å². The van der Waals surface area contributed by atoms with Crippen LogP contribution in [-0.2, 0) is 9.78 Å². The molecule has 0 fully saturated rings. The Morgan fingerprint density at radius 1 is 0.605 bits per heavy atom. The van der Waals surface area contributed by atoms with Gasteiger partial charge in [0.1, 0.15) is 11.5 Å². The van der Waals surface area contributed by atoms with Gasteiger partial charge in [0, 0.05) is 0 Å². The zero-order valence-electron chi connectivity index (χ0n) is 22.8. The second-order valence-electron chi connectivity index (χ2n) is 9.38. The zero-order valence-corrected chi connectivity index (χ0v) is 22.8. The summed E-state index contributed by atoms with van der Waals surface area (Å²) in [6, 6.07) is 9.49. The van der Waals surface area contributed by atoms with E-state index in [-0.39, 0.29) is 11.3 Å². The summed E-state index contributed by atoms with van der Waals surface area (Å²) in [5.74, 6) is -16.8. The van der Waals surface area contributed by atoms with Gasteiger partial charge in [-0.05, 0) is 55.0 Å². The van der Waals surface area contributed by atoms with Crippen LogP contribution in [-0.4, -0.2) is 42.7 Å². The van der Waals surface area contributed by atoms with Crippen molar-refractivity contribution in [3.05, 3.63) is 59.7 Å². The number of ether oxygens (including phenoxy) is 2. The van der Waals surface area contributed by atoms with Crippen molar-refractivity contribution in [1.82, 2.24) is 0 Å². The topological polar surface area (TPSA) is 71.1 Å². The Morgan fingerprint density at radius 2 is 1.07 bits per heavy atom. The molecule has 0 radical (unpaired) electrons. The third-order valence-electron chi connectivity index (χ3n) is 6.00. The molecule has 0 aliphatic carbocycles. The van der Waals surface area contributed by atoms with E-state index in [1.807, 2.05) is 0 Å². The highest BCUT2D eigenvalue weighted by Crippen LogP contribution is 2.53. The van der Waals surface area contributed by atoms with Crippen LogP contribution in [0.4, 0.5) is 39.5 Å². The van der Waals surface area contributed by atoms with Crippen molar-refractivity contribution in [2.75, 3.05) is 6.61 Å². The lowest BCUT2D eigenvalue weighted by Crippen LogP contribution is -2.61. The van der Waals surface area contributed by atoms with Crippen molar-refractivity contribution in [3.8, 4) is 11.5 Å². The third kappa shape index (κ3) is 9.76. The minimum absolute atomic E-state index is 0.120. The van der Waals surface area contributed by atoms with Gasteiger partial charge in [-0.2, -0.15) is 39.5 Å². The summed E-state index contributed by atoms with van der Waals surface area (Å²) in [5, 5.41) is 0. The van der Waals surface area contributed by atoms with Gasteiger partial charge in [-0.15, -0.1) is 4.89 Å². The van der Waals surface area contributed by atoms with E-state index in [0.717, 1.165) is 43.5 Å². The summed E-state index contributed by atoms with van der Waals surface area (Å²) in [6.07, 6.45) is -4.44. The fraction of sp³-hybridized carbons (Fsp3) is 0.500. The monoisotopic (exact) mass is 632 g/mol. The van der Waals surface area contributed by atoms with Crippen LogP contribution < -0.4 is 9.47 Å². The quantitative estimate of drug-likeness (QED) is 0.0433. The van der Waals surface area contributed by atoms with Gasteiger partial charge in [-0.3, -0.25) is 4.89 Å². The molecule has 0 N–H and O–H groups in total. The number of esters is 1. The number of benzene rings is 2. The fourth-order valence-electron chi connectivity index (χ4n) is 3.49. The Hall–Kier alpha value is -3.49. The lowest BCUT2D eigenvalue weighted by atomic mass is 10.1. The molecule has 6 nitrogen and oxygen atoms in total. The van der Waals surface area contributed by atoms with Crippen LogP contribution in [0.25, 0.3) is 0 Å². The summed E-state index contributed by atoms with van der Waals surface area (Å²) in [4.78, 5) is 30.2. The van der Waals surface area contributed by atoms with Crippen LogP contribution in [0.5, 0.6) is 11.5 Å². The highest BCUT2D eigenvalue weighted by Gasteiger charge is 2.83. The van der Waals surface area contributed by atoms with Crippen molar-refractivity contribution >= 4 is 11.9 Å². The molecule has 0 heterocycles. The fourth-order valence-corrected chi connectivity index (χ4v) is 3.49. The van der Waals surface area contributed by atoms with E-state index in [0.29, 0.717) is 12.4 Å².